The molecule has 1 nitrogen and oxygen atoms in total. The molecule has 0 aliphatic rings. The second-order valence-corrected chi connectivity index (χ2v) is 2.86. The summed E-state index contributed by atoms with van der Waals surface area (Å²) in [6.45, 7) is 0.838. The highest BCUT2D eigenvalue weighted by atomic mass is 14.5. The van der Waals surface area contributed by atoms with Gasteiger partial charge in [-0.1, -0.05) is 25.7 Å². The Morgan fingerprint density at radius 1 is 0.909 bits per heavy atom. The fourth-order valence-electron chi connectivity index (χ4n) is 1.08. The van der Waals surface area contributed by atoms with Gasteiger partial charge in [0.05, 0.1) is 0 Å². The van der Waals surface area contributed by atoms with Crippen molar-refractivity contribution in [2.24, 2.45) is 5.73 Å². The molecule has 0 bridgehead atoms. The summed E-state index contributed by atoms with van der Waals surface area (Å²) >= 11 is 0. The fourth-order valence-corrected chi connectivity index (χ4v) is 1.08. The van der Waals surface area contributed by atoms with Gasteiger partial charge in [-0.25, -0.2) is 0 Å². The maximum atomic E-state index is 5.36. The molecule has 0 aromatic carbocycles. The van der Waals surface area contributed by atoms with Gasteiger partial charge < -0.3 is 5.73 Å². The first-order valence-electron chi connectivity index (χ1n) is 4.55. The molecule has 0 spiro atoms. The van der Waals surface area contributed by atoms with Crippen molar-refractivity contribution in [3.8, 4) is 12.3 Å². The Kier molecular flexibility index (Phi) is 9.10. The standard InChI is InChI=1S/C10H19N/c1-2-3-4-5-6-7-8-9-10-11/h1H,3-11H2. The van der Waals surface area contributed by atoms with Gasteiger partial charge >= 0.3 is 0 Å². The molecule has 2 N–H and O–H groups in total. The van der Waals surface area contributed by atoms with Gasteiger partial charge in [-0.15, -0.1) is 12.3 Å². The van der Waals surface area contributed by atoms with Crippen molar-refractivity contribution in [1.29, 1.82) is 0 Å². The zero-order valence-corrected chi connectivity index (χ0v) is 7.31. The average molecular weight is 153 g/mol. The molecule has 11 heavy (non-hydrogen) atoms. The molecule has 0 rings (SSSR count). The van der Waals surface area contributed by atoms with Crippen LogP contribution in [0.2, 0.25) is 0 Å². The molecule has 0 heterocycles. The molecular weight excluding hydrogens is 134 g/mol. The van der Waals surface area contributed by atoms with E-state index in [2.05, 4.69) is 5.92 Å². The van der Waals surface area contributed by atoms with Gasteiger partial charge in [0.25, 0.3) is 0 Å². The average Bonchev–Trinajstić information content (AvgIpc) is 2.03. The third kappa shape index (κ3) is 9.52. The highest BCUT2D eigenvalue weighted by Gasteiger charge is 1.88. The Morgan fingerprint density at radius 2 is 1.45 bits per heavy atom. The lowest BCUT2D eigenvalue weighted by atomic mass is 10.1. The van der Waals surface area contributed by atoms with Gasteiger partial charge in [-0.05, 0) is 19.4 Å². The van der Waals surface area contributed by atoms with Crippen LogP contribution in [0.5, 0.6) is 0 Å². The van der Waals surface area contributed by atoms with Gasteiger partial charge in [0.1, 0.15) is 0 Å². The lowest BCUT2D eigenvalue weighted by Crippen LogP contribution is -1.97. The minimum Gasteiger partial charge on any atom is -0.330 e. The van der Waals surface area contributed by atoms with Crippen molar-refractivity contribution < 1.29 is 0 Å². The number of nitrogens with two attached hydrogens (primary N) is 1. The molecule has 1 heteroatoms. The highest BCUT2D eigenvalue weighted by Crippen LogP contribution is 2.05. The van der Waals surface area contributed by atoms with Crippen molar-refractivity contribution in [1.82, 2.24) is 0 Å². The third-order valence-corrected chi connectivity index (χ3v) is 1.78. The summed E-state index contributed by atoms with van der Waals surface area (Å²) in [6.07, 6.45) is 13.6. The largest absolute Gasteiger partial charge is 0.330 e. The van der Waals surface area contributed by atoms with Gasteiger partial charge in [0.15, 0.2) is 0 Å². The van der Waals surface area contributed by atoms with E-state index in [1.54, 1.807) is 0 Å². The van der Waals surface area contributed by atoms with E-state index < -0.39 is 0 Å². The molecule has 0 atom stereocenters. The van der Waals surface area contributed by atoms with E-state index in [9.17, 15) is 0 Å². The third-order valence-electron chi connectivity index (χ3n) is 1.78. The van der Waals surface area contributed by atoms with E-state index in [0.717, 1.165) is 13.0 Å². The monoisotopic (exact) mass is 153 g/mol. The van der Waals surface area contributed by atoms with E-state index in [1.165, 1.54) is 38.5 Å². The molecule has 0 aromatic heterocycles. The summed E-state index contributed by atoms with van der Waals surface area (Å²) < 4.78 is 0. The fraction of sp³-hybridized carbons (Fsp3) is 0.800. The molecular formula is C10H19N. The Labute approximate surface area is 70.4 Å². The number of terminal acetylenes is 1. The maximum absolute atomic E-state index is 5.36. The molecule has 0 fully saturated rings. The minimum absolute atomic E-state index is 0.838. The smallest absolute Gasteiger partial charge is 0.00860 e. The van der Waals surface area contributed by atoms with Gasteiger partial charge in [-0.3, -0.25) is 0 Å². The zero-order chi connectivity index (χ0) is 8.36. The van der Waals surface area contributed by atoms with Crippen molar-refractivity contribution in [3.63, 3.8) is 0 Å². The van der Waals surface area contributed by atoms with Crippen LogP contribution in [0.15, 0.2) is 0 Å². The van der Waals surface area contributed by atoms with Gasteiger partial charge in [-0.2, -0.15) is 0 Å². The predicted octanol–water partition coefficient (Wildman–Crippen LogP) is 2.31. The maximum Gasteiger partial charge on any atom is 0.00860 e. The van der Waals surface area contributed by atoms with Crippen LogP contribution >= 0.6 is 0 Å². The van der Waals surface area contributed by atoms with E-state index in [0.29, 0.717) is 0 Å². The van der Waals surface area contributed by atoms with Gasteiger partial charge in [0, 0.05) is 6.42 Å². The molecule has 0 aliphatic heterocycles. The van der Waals surface area contributed by atoms with Crippen LogP contribution in [0.3, 0.4) is 0 Å². The second kappa shape index (κ2) is 9.52. The van der Waals surface area contributed by atoms with Crippen LogP contribution in [0.25, 0.3) is 0 Å². The number of hydrogen-bond acceptors (Lipinski definition) is 1. The topological polar surface area (TPSA) is 26.0 Å². The van der Waals surface area contributed by atoms with Crippen molar-refractivity contribution in [2.45, 2.75) is 44.9 Å². The number of hydrogen-bond donors (Lipinski definition) is 1. The van der Waals surface area contributed by atoms with Crippen LogP contribution in [-0.2, 0) is 0 Å². The Morgan fingerprint density at radius 3 is 2.00 bits per heavy atom. The molecule has 0 unspecified atom stereocenters. The van der Waals surface area contributed by atoms with Crippen molar-refractivity contribution >= 4 is 0 Å². The first kappa shape index (κ1) is 10.5. The van der Waals surface area contributed by atoms with Crippen LogP contribution in [0, 0.1) is 12.3 Å². The predicted molar refractivity (Wildman–Crippen MR) is 50.2 cm³/mol. The molecule has 0 aliphatic carbocycles. The molecule has 0 radical (unpaired) electrons. The normalized spacial score (nSPS) is 9.45. The molecule has 0 amide bonds. The first-order valence-corrected chi connectivity index (χ1v) is 4.55. The Hall–Kier alpha value is -0.480. The van der Waals surface area contributed by atoms with Crippen molar-refractivity contribution in [3.05, 3.63) is 0 Å². The summed E-state index contributed by atoms with van der Waals surface area (Å²) in [5.74, 6) is 2.65. The lowest BCUT2D eigenvalue weighted by Gasteiger charge is -1.97. The summed E-state index contributed by atoms with van der Waals surface area (Å²) in [4.78, 5) is 0. The first-order chi connectivity index (χ1) is 5.41. The minimum atomic E-state index is 0.838. The molecule has 0 saturated heterocycles. The SMILES string of the molecule is C#CCCCCCCCCN. The van der Waals surface area contributed by atoms with Gasteiger partial charge in [0.2, 0.25) is 0 Å². The van der Waals surface area contributed by atoms with Crippen molar-refractivity contribution in [2.75, 3.05) is 6.54 Å². The van der Waals surface area contributed by atoms with Crippen LogP contribution < -0.4 is 5.73 Å². The van der Waals surface area contributed by atoms with E-state index in [-0.39, 0.29) is 0 Å². The summed E-state index contributed by atoms with van der Waals surface area (Å²) in [5.41, 5.74) is 5.36. The van der Waals surface area contributed by atoms with E-state index >= 15 is 0 Å². The number of unbranched alkanes of at least 4 members (excludes halogenated alkanes) is 6. The van der Waals surface area contributed by atoms with Crippen LogP contribution in [0.4, 0.5) is 0 Å². The summed E-state index contributed by atoms with van der Waals surface area (Å²) in [7, 11) is 0. The lowest BCUT2D eigenvalue weighted by molar-refractivity contribution is 0.603. The summed E-state index contributed by atoms with van der Waals surface area (Å²) in [5, 5.41) is 0. The number of rotatable bonds is 7. The van der Waals surface area contributed by atoms with E-state index in [1.807, 2.05) is 0 Å². The highest BCUT2D eigenvalue weighted by molar-refractivity contribution is 4.82. The Bertz CT molecular complexity index is 102. The van der Waals surface area contributed by atoms with E-state index in [4.69, 9.17) is 12.2 Å². The summed E-state index contributed by atoms with van der Waals surface area (Å²) in [6, 6.07) is 0. The van der Waals surface area contributed by atoms with Crippen LogP contribution in [-0.4, -0.2) is 6.54 Å². The molecule has 64 valence electrons. The molecule has 0 aromatic rings. The zero-order valence-electron chi connectivity index (χ0n) is 7.31. The second-order valence-electron chi connectivity index (χ2n) is 2.86. The van der Waals surface area contributed by atoms with Crippen LogP contribution in [0.1, 0.15) is 44.9 Å². The quantitative estimate of drug-likeness (QED) is 0.441. The molecule has 0 saturated carbocycles. The Balaban J connectivity index is 2.75.